The summed E-state index contributed by atoms with van der Waals surface area (Å²) in [5.41, 5.74) is 0.804. The van der Waals surface area contributed by atoms with Crippen molar-refractivity contribution in [2.45, 2.75) is 0 Å². The fraction of sp³-hybridized carbons (Fsp3) is 0.182. The van der Waals surface area contributed by atoms with E-state index in [1.807, 2.05) is 12.1 Å². The molecule has 0 aliphatic rings. The van der Waals surface area contributed by atoms with Crippen LogP contribution in [-0.4, -0.2) is 25.8 Å². The summed E-state index contributed by atoms with van der Waals surface area (Å²) in [6.07, 6.45) is 1.69. The Morgan fingerprint density at radius 3 is 2.82 bits per heavy atom. The number of hydrogen-bond acceptors (Lipinski definition) is 4. The van der Waals surface area contributed by atoms with Crippen LogP contribution in [0.2, 0.25) is 0 Å². The second kappa shape index (κ2) is 4.89. The van der Waals surface area contributed by atoms with Crippen molar-refractivity contribution < 1.29 is 13.2 Å². The molecule has 0 amide bonds. The molecular weight excluding hydrogens is 262 g/mol. The fourth-order valence-corrected chi connectivity index (χ4v) is 1.92. The van der Waals surface area contributed by atoms with Crippen LogP contribution >= 0.6 is 10.7 Å². The highest BCUT2D eigenvalue weighted by Crippen LogP contribution is 2.23. The number of fused-ring (bicyclic) bond motifs is 1. The maximum atomic E-state index is 10.8. The zero-order valence-electron chi connectivity index (χ0n) is 8.84. The highest BCUT2D eigenvalue weighted by molar-refractivity contribution is 8.13. The molecule has 0 N–H and O–H groups in total. The average molecular weight is 272 g/mol. The van der Waals surface area contributed by atoms with Gasteiger partial charge in [0.15, 0.2) is 0 Å². The summed E-state index contributed by atoms with van der Waals surface area (Å²) in [7, 11) is 1.58. The van der Waals surface area contributed by atoms with E-state index in [1.54, 1.807) is 24.4 Å². The van der Waals surface area contributed by atoms with Crippen LogP contribution in [0.25, 0.3) is 10.9 Å². The van der Waals surface area contributed by atoms with Gasteiger partial charge in [-0.05, 0) is 24.3 Å². The number of aromatic nitrogens is 1. The molecular formula is C11H10ClNO3S. The summed E-state index contributed by atoms with van der Waals surface area (Å²) in [6.45, 7) is 0.0276. The Hall–Kier alpha value is -1.33. The minimum atomic E-state index is -3.52. The van der Waals surface area contributed by atoms with E-state index in [-0.39, 0.29) is 12.4 Å². The number of pyridine rings is 1. The van der Waals surface area contributed by atoms with Gasteiger partial charge in [-0.25, -0.2) is 8.42 Å². The molecule has 0 spiro atoms. The van der Waals surface area contributed by atoms with E-state index in [0.29, 0.717) is 5.75 Å². The lowest BCUT2D eigenvalue weighted by molar-refractivity contribution is 0.345. The molecule has 6 heteroatoms. The monoisotopic (exact) mass is 271 g/mol. The van der Waals surface area contributed by atoms with E-state index in [2.05, 4.69) is 4.98 Å². The quantitative estimate of drug-likeness (QED) is 0.800. The average Bonchev–Trinajstić information content (AvgIpc) is 2.28. The number of ether oxygens (including phenoxy) is 1. The van der Waals surface area contributed by atoms with Crippen molar-refractivity contribution in [3.8, 4) is 5.75 Å². The molecule has 1 aromatic carbocycles. The van der Waals surface area contributed by atoms with Crippen LogP contribution in [-0.2, 0) is 9.05 Å². The van der Waals surface area contributed by atoms with Gasteiger partial charge in [0.05, 0.1) is 11.3 Å². The summed E-state index contributed by atoms with van der Waals surface area (Å²) >= 11 is 0. The first-order valence-corrected chi connectivity index (χ1v) is 7.43. The van der Waals surface area contributed by atoms with Gasteiger partial charge in [0.1, 0.15) is 12.4 Å². The molecule has 0 bridgehead atoms. The molecule has 2 aromatic rings. The number of benzene rings is 1. The predicted molar refractivity (Wildman–Crippen MR) is 66.9 cm³/mol. The molecule has 0 atom stereocenters. The lowest BCUT2D eigenvalue weighted by Gasteiger charge is -2.07. The topological polar surface area (TPSA) is 56.3 Å². The molecule has 0 saturated heterocycles. The van der Waals surface area contributed by atoms with Crippen molar-refractivity contribution in [3.63, 3.8) is 0 Å². The summed E-state index contributed by atoms with van der Waals surface area (Å²) in [4.78, 5) is 4.17. The second-order valence-electron chi connectivity index (χ2n) is 3.42. The predicted octanol–water partition coefficient (Wildman–Crippen LogP) is 2.18. The molecule has 2 rings (SSSR count). The largest absolute Gasteiger partial charge is 0.492 e. The number of rotatable bonds is 4. The third-order valence-corrected chi connectivity index (χ3v) is 3.31. The van der Waals surface area contributed by atoms with Crippen molar-refractivity contribution in [1.82, 2.24) is 4.98 Å². The zero-order valence-corrected chi connectivity index (χ0v) is 10.4. The Kier molecular flexibility index (Phi) is 3.49. The highest BCUT2D eigenvalue weighted by Gasteiger charge is 2.07. The Bertz CT molecular complexity index is 622. The summed E-state index contributed by atoms with van der Waals surface area (Å²) in [5.74, 6) is 0.390. The van der Waals surface area contributed by atoms with Crippen molar-refractivity contribution in [2.75, 3.05) is 12.4 Å². The first-order valence-electron chi connectivity index (χ1n) is 4.95. The number of halogens is 1. The summed E-state index contributed by atoms with van der Waals surface area (Å²) in [5, 5.41) is 0.849. The number of nitrogens with zero attached hydrogens (tertiary/aromatic N) is 1. The Labute approximate surface area is 104 Å². The molecule has 0 fully saturated rings. The molecule has 17 heavy (non-hydrogen) atoms. The van der Waals surface area contributed by atoms with Crippen molar-refractivity contribution in [3.05, 3.63) is 36.5 Å². The minimum absolute atomic E-state index is 0.0276. The van der Waals surface area contributed by atoms with Crippen LogP contribution in [0.5, 0.6) is 5.75 Å². The van der Waals surface area contributed by atoms with E-state index in [1.165, 1.54) is 0 Å². The van der Waals surface area contributed by atoms with Gasteiger partial charge in [-0.15, -0.1) is 0 Å². The van der Waals surface area contributed by atoms with Crippen molar-refractivity contribution in [2.24, 2.45) is 0 Å². The standard InChI is InChI=1S/C11H10ClNO3S/c12-17(14,15)8-7-16-11-5-1-4-10-9(11)3-2-6-13-10/h1-6H,7-8H2. The van der Waals surface area contributed by atoms with Crippen LogP contribution in [0.3, 0.4) is 0 Å². The molecule has 1 heterocycles. The third kappa shape index (κ3) is 3.31. The van der Waals surface area contributed by atoms with Gasteiger partial charge in [0.2, 0.25) is 9.05 Å². The van der Waals surface area contributed by atoms with Crippen LogP contribution in [0, 0.1) is 0 Å². The molecule has 4 nitrogen and oxygen atoms in total. The summed E-state index contributed by atoms with van der Waals surface area (Å²) < 4.78 is 26.9. The lowest BCUT2D eigenvalue weighted by Crippen LogP contribution is -2.08. The molecule has 0 aliphatic heterocycles. The van der Waals surface area contributed by atoms with E-state index in [9.17, 15) is 8.42 Å². The molecule has 90 valence electrons. The first kappa shape index (κ1) is 12.1. The van der Waals surface area contributed by atoms with Gasteiger partial charge in [-0.1, -0.05) is 6.07 Å². The minimum Gasteiger partial charge on any atom is -0.492 e. The van der Waals surface area contributed by atoms with Crippen LogP contribution < -0.4 is 4.74 Å². The molecule has 0 unspecified atom stereocenters. The van der Waals surface area contributed by atoms with Crippen LogP contribution in [0.1, 0.15) is 0 Å². The van der Waals surface area contributed by atoms with E-state index in [0.717, 1.165) is 10.9 Å². The SMILES string of the molecule is O=S(=O)(Cl)CCOc1cccc2ncccc12. The van der Waals surface area contributed by atoms with Crippen molar-refractivity contribution >= 4 is 30.6 Å². The Morgan fingerprint density at radius 2 is 2.06 bits per heavy atom. The van der Waals surface area contributed by atoms with Crippen LogP contribution in [0.15, 0.2) is 36.5 Å². The maximum absolute atomic E-state index is 10.8. The van der Waals surface area contributed by atoms with E-state index < -0.39 is 9.05 Å². The third-order valence-electron chi connectivity index (χ3n) is 2.19. The maximum Gasteiger partial charge on any atom is 0.235 e. The van der Waals surface area contributed by atoms with Crippen molar-refractivity contribution in [1.29, 1.82) is 0 Å². The van der Waals surface area contributed by atoms with Gasteiger partial charge >= 0.3 is 0 Å². The van der Waals surface area contributed by atoms with E-state index in [4.69, 9.17) is 15.4 Å². The fourth-order valence-electron chi connectivity index (χ4n) is 1.45. The van der Waals surface area contributed by atoms with Crippen LogP contribution in [0.4, 0.5) is 0 Å². The van der Waals surface area contributed by atoms with Gasteiger partial charge in [0.25, 0.3) is 0 Å². The molecule has 1 aromatic heterocycles. The van der Waals surface area contributed by atoms with Gasteiger partial charge < -0.3 is 4.74 Å². The molecule has 0 radical (unpaired) electrons. The summed E-state index contributed by atoms with van der Waals surface area (Å²) in [6, 6.07) is 9.10. The van der Waals surface area contributed by atoms with Gasteiger partial charge in [0, 0.05) is 22.3 Å². The van der Waals surface area contributed by atoms with E-state index >= 15 is 0 Å². The number of hydrogen-bond donors (Lipinski definition) is 0. The highest BCUT2D eigenvalue weighted by atomic mass is 35.7. The smallest absolute Gasteiger partial charge is 0.235 e. The first-order chi connectivity index (χ1) is 8.06. The lowest BCUT2D eigenvalue weighted by atomic mass is 10.2. The van der Waals surface area contributed by atoms with Gasteiger partial charge in [-0.3, -0.25) is 4.98 Å². The normalized spacial score (nSPS) is 11.6. The van der Waals surface area contributed by atoms with Gasteiger partial charge in [-0.2, -0.15) is 0 Å². The zero-order chi connectivity index (χ0) is 12.3. The second-order valence-corrected chi connectivity index (χ2v) is 6.31. The molecule has 0 aliphatic carbocycles. The molecule has 0 saturated carbocycles. The Balaban J connectivity index is 2.19. The Morgan fingerprint density at radius 1 is 1.24 bits per heavy atom.